The molecule has 0 aliphatic carbocycles. The number of nitrogens with zero attached hydrogens (tertiary/aromatic N) is 4. The maximum Gasteiger partial charge on any atom is 0.324 e. The van der Waals surface area contributed by atoms with Crippen molar-refractivity contribution in [2.24, 2.45) is 11.7 Å². The summed E-state index contributed by atoms with van der Waals surface area (Å²) < 4.78 is 32.1. The topological polar surface area (TPSA) is 119 Å². The molecule has 1 aromatic heterocycles. The van der Waals surface area contributed by atoms with Crippen LogP contribution in [-0.4, -0.2) is 60.5 Å². The molecule has 0 spiro atoms. The van der Waals surface area contributed by atoms with Gasteiger partial charge in [-0.15, -0.1) is 0 Å². The van der Waals surface area contributed by atoms with Crippen LogP contribution >= 0.6 is 0 Å². The monoisotopic (exact) mass is 594 g/mol. The van der Waals surface area contributed by atoms with Gasteiger partial charge in [-0.1, -0.05) is 19.0 Å². The van der Waals surface area contributed by atoms with E-state index in [-0.39, 0.29) is 23.6 Å². The van der Waals surface area contributed by atoms with Crippen LogP contribution in [0.3, 0.4) is 0 Å². The number of nitrogens with two attached hydrogens (primary N) is 1. The zero-order valence-electron chi connectivity index (χ0n) is 25.3. The standard InChI is InChI=1S/C32H43FN6O4/c1-21(2)30-36-32(43-37-30)38-17-14-22(15-18-38)6-5-19-42-25-12-13-26(27(33)20-25)29(31(40)39-16-4-7-28(39)34)35-23-8-10-24(41-3)11-9-23/h8-13,20-22,28-29,35H,4-7,14-19,34H2,1-3H3. The van der Waals surface area contributed by atoms with E-state index in [4.69, 9.17) is 19.7 Å². The predicted molar refractivity (Wildman–Crippen MR) is 163 cm³/mol. The minimum Gasteiger partial charge on any atom is -0.497 e. The predicted octanol–water partition coefficient (Wildman–Crippen LogP) is 5.48. The molecule has 2 unspecified atom stereocenters. The normalized spacial score (nSPS) is 18.2. The molecule has 2 saturated heterocycles. The number of halogens is 1. The molecule has 3 N–H and O–H groups in total. The molecule has 0 radical (unpaired) electrons. The Morgan fingerprint density at radius 1 is 1.12 bits per heavy atom. The fourth-order valence-corrected chi connectivity index (χ4v) is 5.75. The second kappa shape index (κ2) is 14.1. The summed E-state index contributed by atoms with van der Waals surface area (Å²) in [6.07, 6.45) is 5.20. The highest BCUT2D eigenvalue weighted by Gasteiger charge is 2.33. The molecule has 3 heterocycles. The van der Waals surface area contributed by atoms with E-state index in [1.165, 1.54) is 6.07 Å². The Hall–Kier alpha value is -3.86. The van der Waals surface area contributed by atoms with Gasteiger partial charge in [-0.2, -0.15) is 4.98 Å². The van der Waals surface area contributed by atoms with Gasteiger partial charge in [0.25, 0.3) is 5.91 Å². The Bertz CT molecular complexity index is 1340. The van der Waals surface area contributed by atoms with Crippen molar-refractivity contribution in [1.82, 2.24) is 15.0 Å². The van der Waals surface area contributed by atoms with Crippen LogP contribution in [0.2, 0.25) is 0 Å². The quantitative estimate of drug-likeness (QED) is 0.263. The number of anilines is 2. The first-order valence-electron chi connectivity index (χ1n) is 15.3. The van der Waals surface area contributed by atoms with Crippen molar-refractivity contribution in [2.45, 2.75) is 70.5 Å². The maximum atomic E-state index is 15.5. The fourth-order valence-electron chi connectivity index (χ4n) is 5.75. The number of rotatable bonds is 12. The number of amides is 1. The summed E-state index contributed by atoms with van der Waals surface area (Å²) in [6.45, 7) is 6.94. The molecule has 0 saturated carbocycles. The molecule has 0 bridgehead atoms. The lowest BCUT2D eigenvalue weighted by Crippen LogP contribution is -2.45. The van der Waals surface area contributed by atoms with E-state index in [0.717, 1.165) is 57.4 Å². The van der Waals surface area contributed by atoms with Gasteiger partial charge in [0.1, 0.15) is 23.4 Å². The van der Waals surface area contributed by atoms with Crippen molar-refractivity contribution in [3.8, 4) is 11.5 Å². The number of methoxy groups -OCH3 is 1. The lowest BCUT2D eigenvalue weighted by atomic mass is 9.92. The third-order valence-electron chi connectivity index (χ3n) is 8.37. The van der Waals surface area contributed by atoms with Gasteiger partial charge in [-0.25, -0.2) is 4.39 Å². The Kier molecular flexibility index (Phi) is 10.0. The summed E-state index contributed by atoms with van der Waals surface area (Å²) in [5.74, 6) is 1.97. The zero-order valence-corrected chi connectivity index (χ0v) is 25.3. The lowest BCUT2D eigenvalue weighted by molar-refractivity contribution is -0.132. The van der Waals surface area contributed by atoms with Crippen LogP contribution in [0.1, 0.15) is 75.7 Å². The largest absolute Gasteiger partial charge is 0.497 e. The number of hydrogen-bond acceptors (Lipinski definition) is 9. The van der Waals surface area contributed by atoms with Gasteiger partial charge >= 0.3 is 6.01 Å². The van der Waals surface area contributed by atoms with Crippen molar-refractivity contribution in [2.75, 3.05) is 43.6 Å². The highest BCUT2D eigenvalue weighted by molar-refractivity contribution is 5.86. The summed E-state index contributed by atoms with van der Waals surface area (Å²) in [6, 6.07) is 11.6. The van der Waals surface area contributed by atoms with Crippen LogP contribution in [0, 0.1) is 11.7 Å². The molecule has 3 aromatic rings. The van der Waals surface area contributed by atoms with E-state index in [9.17, 15) is 4.79 Å². The number of aromatic nitrogens is 2. The highest BCUT2D eigenvalue weighted by Crippen LogP contribution is 2.30. The first kappa shape index (κ1) is 30.6. The number of carbonyl (C=O) groups is 1. The van der Waals surface area contributed by atoms with Gasteiger partial charge in [0.2, 0.25) is 0 Å². The van der Waals surface area contributed by atoms with Gasteiger partial charge in [0.05, 0.1) is 19.9 Å². The van der Waals surface area contributed by atoms with E-state index in [1.54, 1.807) is 48.4 Å². The van der Waals surface area contributed by atoms with Crippen molar-refractivity contribution >= 4 is 17.6 Å². The SMILES string of the molecule is COc1ccc(NC(C(=O)N2CCCC2N)c2ccc(OCCCC3CCN(c4nc(C(C)C)no4)CC3)cc2F)cc1. The van der Waals surface area contributed by atoms with Crippen LogP contribution in [-0.2, 0) is 4.79 Å². The second-order valence-electron chi connectivity index (χ2n) is 11.7. The Labute approximate surface area is 252 Å². The van der Waals surface area contributed by atoms with Gasteiger partial charge in [0.15, 0.2) is 5.82 Å². The van der Waals surface area contributed by atoms with Crippen LogP contribution in [0.4, 0.5) is 16.1 Å². The molecule has 232 valence electrons. The minimum atomic E-state index is -0.929. The third-order valence-corrected chi connectivity index (χ3v) is 8.37. The number of hydrogen-bond donors (Lipinski definition) is 2. The van der Waals surface area contributed by atoms with E-state index < -0.39 is 11.9 Å². The Morgan fingerprint density at radius 2 is 1.86 bits per heavy atom. The summed E-state index contributed by atoms with van der Waals surface area (Å²) in [4.78, 5) is 21.9. The zero-order chi connectivity index (χ0) is 30.3. The van der Waals surface area contributed by atoms with E-state index in [2.05, 4.69) is 34.2 Å². The molecular formula is C32H43FN6O4. The van der Waals surface area contributed by atoms with Crippen molar-refractivity contribution < 1.29 is 23.2 Å². The number of nitrogens with one attached hydrogen (secondary N) is 1. The number of ether oxygens (including phenoxy) is 2. The van der Waals surface area contributed by atoms with Crippen LogP contribution in [0.25, 0.3) is 0 Å². The molecule has 2 aliphatic rings. The molecule has 2 aromatic carbocycles. The van der Waals surface area contributed by atoms with Gasteiger partial charge in [0, 0.05) is 42.9 Å². The van der Waals surface area contributed by atoms with E-state index in [1.807, 2.05) is 0 Å². The Balaban J connectivity index is 1.14. The molecular weight excluding hydrogens is 551 g/mol. The maximum absolute atomic E-state index is 15.5. The van der Waals surface area contributed by atoms with Gasteiger partial charge in [-0.05, 0) is 80.8 Å². The van der Waals surface area contributed by atoms with Crippen molar-refractivity contribution in [3.05, 3.63) is 59.7 Å². The van der Waals surface area contributed by atoms with Crippen LogP contribution < -0.4 is 25.4 Å². The average Bonchev–Trinajstić information content (AvgIpc) is 3.69. The highest BCUT2D eigenvalue weighted by atomic mass is 19.1. The number of carbonyl (C=O) groups excluding carboxylic acids is 1. The molecule has 10 nitrogen and oxygen atoms in total. The summed E-state index contributed by atoms with van der Waals surface area (Å²) in [5, 5.41) is 7.28. The third kappa shape index (κ3) is 7.57. The second-order valence-corrected chi connectivity index (χ2v) is 11.7. The van der Waals surface area contributed by atoms with E-state index in [0.29, 0.717) is 42.3 Å². The first-order valence-corrected chi connectivity index (χ1v) is 15.3. The molecule has 1 amide bonds. The van der Waals surface area contributed by atoms with Gasteiger partial charge < -0.3 is 34.8 Å². The van der Waals surface area contributed by atoms with Crippen LogP contribution in [0.15, 0.2) is 47.0 Å². The molecule has 11 heteroatoms. The van der Waals surface area contributed by atoms with E-state index >= 15 is 4.39 Å². The fraction of sp³-hybridized carbons (Fsp3) is 0.531. The molecule has 5 rings (SSSR count). The molecule has 2 aliphatic heterocycles. The number of likely N-dealkylation sites (tertiary alicyclic amines) is 1. The smallest absolute Gasteiger partial charge is 0.324 e. The van der Waals surface area contributed by atoms with Gasteiger partial charge in [-0.3, -0.25) is 4.79 Å². The van der Waals surface area contributed by atoms with Crippen molar-refractivity contribution in [1.29, 1.82) is 0 Å². The summed E-state index contributed by atoms with van der Waals surface area (Å²) in [5.41, 5.74) is 7.12. The molecule has 43 heavy (non-hydrogen) atoms. The summed E-state index contributed by atoms with van der Waals surface area (Å²) in [7, 11) is 1.59. The first-order chi connectivity index (χ1) is 20.8. The Morgan fingerprint density at radius 3 is 2.49 bits per heavy atom. The average molecular weight is 595 g/mol. The minimum absolute atomic E-state index is 0.244. The van der Waals surface area contributed by atoms with Crippen LogP contribution in [0.5, 0.6) is 11.5 Å². The van der Waals surface area contributed by atoms with Crippen molar-refractivity contribution in [3.63, 3.8) is 0 Å². The lowest BCUT2D eigenvalue weighted by Gasteiger charge is -2.30. The molecule has 2 fully saturated rings. The molecule has 2 atom stereocenters. The number of piperidine rings is 1. The number of benzene rings is 2. The summed E-state index contributed by atoms with van der Waals surface area (Å²) >= 11 is 0.